The van der Waals surface area contributed by atoms with Gasteiger partial charge in [-0.2, -0.15) is 0 Å². The number of nitrogens with one attached hydrogen (secondary N) is 2. The molecule has 1 aromatic heterocycles. The second-order valence-corrected chi connectivity index (χ2v) is 8.26. The molecule has 0 amide bonds. The van der Waals surface area contributed by atoms with E-state index in [4.69, 9.17) is 4.99 Å². The van der Waals surface area contributed by atoms with Gasteiger partial charge < -0.3 is 20.4 Å². The number of hydrogen-bond acceptors (Lipinski definition) is 4. The van der Waals surface area contributed by atoms with Gasteiger partial charge in [0, 0.05) is 55.6 Å². The maximum Gasteiger partial charge on any atom is 0.191 e. The quantitative estimate of drug-likeness (QED) is 0.332. The second-order valence-electron chi connectivity index (χ2n) is 7.01. The Kier molecular flexibility index (Phi) is 11.7. The molecule has 1 unspecified atom stereocenters. The summed E-state index contributed by atoms with van der Waals surface area (Å²) in [5.41, 5.74) is 0. The summed E-state index contributed by atoms with van der Waals surface area (Å²) in [5, 5.41) is 6.88. The van der Waals surface area contributed by atoms with Gasteiger partial charge in [0.2, 0.25) is 0 Å². The van der Waals surface area contributed by atoms with Crippen molar-refractivity contribution in [3.63, 3.8) is 0 Å². The molecule has 0 aliphatic carbocycles. The standard InChI is InChI=1S/C19H35N5S.HI/c1-5-17-7-8-18(25-17)14-22-19(20-6-2)21-13-16(3)15-24-11-9-23(4)10-12-24;/h7-8,16H,5-6,9-15H2,1-4H3,(H2,20,21,22);1H. The minimum atomic E-state index is 0. The molecule has 1 fully saturated rings. The van der Waals surface area contributed by atoms with E-state index in [-0.39, 0.29) is 24.0 Å². The number of rotatable bonds is 8. The van der Waals surface area contributed by atoms with Gasteiger partial charge >= 0.3 is 0 Å². The van der Waals surface area contributed by atoms with Crippen LogP contribution in [-0.4, -0.2) is 68.6 Å². The molecule has 1 atom stereocenters. The zero-order valence-electron chi connectivity index (χ0n) is 16.8. The van der Waals surface area contributed by atoms with Gasteiger partial charge in [-0.15, -0.1) is 35.3 Å². The van der Waals surface area contributed by atoms with Crippen molar-refractivity contribution in [2.24, 2.45) is 10.9 Å². The van der Waals surface area contributed by atoms with Crippen LogP contribution in [0.15, 0.2) is 17.1 Å². The predicted molar refractivity (Wildman–Crippen MR) is 125 cm³/mol. The van der Waals surface area contributed by atoms with Gasteiger partial charge in [0.1, 0.15) is 0 Å². The minimum Gasteiger partial charge on any atom is -0.357 e. The number of halogens is 1. The van der Waals surface area contributed by atoms with Crippen molar-refractivity contribution in [2.75, 3.05) is 52.9 Å². The Morgan fingerprint density at radius 1 is 1.15 bits per heavy atom. The van der Waals surface area contributed by atoms with Gasteiger partial charge in [-0.05, 0) is 38.4 Å². The van der Waals surface area contributed by atoms with E-state index in [9.17, 15) is 0 Å². The number of guanidine groups is 1. The molecule has 1 saturated heterocycles. The SMILES string of the molecule is CCNC(=NCc1ccc(CC)s1)NCC(C)CN1CCN(C)CC1.I. The Balaban J connectivity index is 0.00000338. The summed E-state index contributed by atoms with van der Waals surface area (Å²) in [4.78, 5) is 12.5. The van der Waals surface area contributed by atoms with Crippen molar-refractivity contribution in [3.05, 3.63) is 21.9 Å². The number of thiophene rings is 1. The van der Waals surface area contributed by atoms with Gasteiger partial charge in [0.25, 0.3) is 0 Å². The first-order valence-electron chi connectivity index (χ1n) is 9.61. The number of hydrogen-bond donors (Lipinski definition) is 2. The minimum absolute atomic E-state index is 0. The van der Waals surface area contributed by atoms with E-state index in [1.807, 2.05) is 11.3 Å². The number of aryl methyl sites for hydroxylation is 1. The molecule has 5 nitrogen and oxygen atoms in total. The fraction of sp³-hybridized carbons (Fsp3) is 0.737. The third-order valence-electron chi connectivity index (χ3n) is 4.59. The molecule has 7 heteroatoms. The summed E-state index contributed by atoms with van der Waals surface area (Å²) >= 11 is 1.87. The van der Waals surface area contributed by atoms with Crippen LogP contribution in [0.3, 0.4) is 0 Å². The average Bonchev–Trinajstić information content (AvgIpc) is 3.07. The van der Waals surface area contributed by atoms with E-state index >= 15 is 0 Å². The fourth-order valence-electron chi connectivity index (χ4n) is 3.00. The molecule has 150 valence electrons. The molecular weight excluding hydrogens is 457 g/mol. The summed E-state index contributed by atoms with van der Waals surface area (Å²) in [6.45, 7) is 15.2. The molecule has 1 aromatic rings. The highest BCUT2D eigenvalue weighted by atomic mass is 127. The Labute approximate surface area is 180 Å². The van der Waals surface area contributed by atoms with E-state index in [2.05, 4.69) is 60.4 Å². The van der Waals surface area contributed by atoms with Gasteiger partial charge in [0.05, 0.1) is 6.54 Å². The summed E-state index contributed by atoms with van der Waals surface area (Å²) in [6.07, 6.45) is 1.11. The lowest BCUT2D eigenvalue weighted by Crippen LogP contribution is -2.47. The highest BCUT2D eigenvalue weighted by molar-refractivity contribution is 14.0. The van der Waals surface area contributed by atoms with Gasteiger partial charge in [-0.3, -0.25) is 0 Å². The topological polar surface area (TPSA) is 42.9 Å². The molecule has 0 bridgehead atoms. The third kappa shape index (κ3) is 8.54. The lowest BCUT2D eigenvalue weighted by atomic mass is 10.1. The average molecular weight is 494 g/mol. The van der Waals surface area contributed by atoms with E-state index in [1.54, 1.807) is 0 Å². The van der Waals surface area contributed by atoms with Crippen LogP contribution in [0.2, 0.25) is 0 Å². The second kappa shape index (κ2) is 12.9. The summed E-state index contributed by atoms with van der Waals surface area (Å²) in [7, 11) is 2.21. The largest absolute Gasteiger partial charge is 0.357 e. The van der Waals surface area contributed by atoms with Crippen LogP contribution in [0, 0.1) is 5.92 Å². The zero-order chi connectivity index (χ0) is 18.1. The molecule has 2 heterocycles. The van der Waals surface area contributed by atoms with Gasteiger partial charge in [0.15, 0.2) is 5.96 Å². The molecule has 26 heavy (non-hydrogen) atoms. The van der Waals surface area contributed by atoms with E-state index in [0.717, 1.165) is 38.6 Å². The molecule has 0 aromatic carbocycles. The van der Waals surface area contributed by atoms with Crippen LogP contribution in [0.25, 0.3) is 0 Å². The van der Waals surface area contributed by atoms with Crippen molar-refractivity contribution in [1.82, 2.24) is 20.4 Å². The van der Waals surface area contributed by atoms with Crippen molar-refractivity contribution in [2.45, 2.75) is 33.7 Å². The monoisotopic (exact) mass is 493 g/mol. The summed E-state index contributed by atoms with van der Waals surface area (Å²) in [5.74, 6) is 1.54. The highest BCUT2D eigenvalue weighted by Crippen LogP contribution is 2.17. The number of piperazine rings is 1. The Hall–Kier alpha value is -0.380. The summed E-state index contributed by atoms with van der Waals surface area (Å²) in [6, 6.07) is 4.42. The van der Waals surface area contributed by atoms with Gasteiger partial charge in [-0.25, -0.2) is 4.99 Å². The number of nitrogens with zero attached hydrogens (tertiary/aromatic N) is 3. The zero-order valence-corrected chi connectivity index (χ0v) is 19.9. The van der Waals surface area contributed by atoms with Crippen LogP contribution in [0.4, 0.5) is 0 Å². The smallest absolute Gasteiger partial charge is 0.191 e. The van der Waals surface area contributed by atoms with Crippen molar-refractivity contribution in [1.29, 1.82) is 0 Å². The molecule has 1 aliphatic rings. The highest BCUT2D eigenvalue weighted by Gasteiger charge is 2.16. The number of aliphatic imine (C=N–C) groups is 1. The number of likely N-dealkylation sites (N-methyl/N-ethyl adjacent to an activating group) is 1. The first-order chi connectivity index (χ1) is 12.1. The maximum atomic E-state index is 4.74. The van der Waals surface area contributed by atoms with E-state index in [1.165, 1.54) is 35.9 Å². The van der Waals surface area contributed by atoms with Crippen LogP contribution in [0.5, 0.6) is 0 Å². The molecule has 0 saturated carbocycles. The van der Waals surface area contributed by atoms with Gasteiger partial charge in [-0.1, -0.05) is 13.8 Å². The Morgan fingerprint density at radius 3 is 2.46 bits per heavy atom. The van der Waals surface area contributed by atoms with Crippen LogP contribution >= 0.6 is 35.3 Å². The lowest BCUT2D eigenvalue weighted by Gasteiger charge is -2.34. The molecular formula is C19H36IN5S. The maximum absolute atomic E-state index is 4.74. The van der Waals surface area contributed by atoms with Crippen LogP contribution < -0.4 is 10.6 Å². The van der Waals surface area contributed by atoms with Crippen molar-refractivity contribution >= 4 is 41.3 Å². The van der Waals surface area contributed by atoms with E-state index in [0.29, 0.717) is 5.92 Å². The predicted octanol–water partition coefficient (Wildman–Crippen LogP) is 2.87. The lowest BCUT2D eigenvalue weighted by molar-refractivity contribution is 0.139. The van der Waals surface area contributed by atoms with Crippen LogP contribution in [-0.2, 0) is 13.0 Å². The molecule has 2 N–H and O–H groups in total. The third-order valence-corrected chi connectivity index (χ3v) is 5.80. The molecule has 0 spiro atoms. The first-order valence-corrected chi connectivity index (χ1v) is 10.4. The molecule has 0 radical (unpaired) electrons. The fourth-order valence-corrected chi connectivity index (χ4v) is 3.89. The van der Waals surface area contributed by atoms with Crippen LogP contribution in [0.1, 0.15) is 30.5 Å². The van der Waals surface area contributed by atoms with Crippen molar-refractivity contribution in [3.8, 4) is 0 Å². The van der Waals surface area contributed by atoms with Crippen molar-refractivity contribution < 1.29 is 0 Å². The summed E-state index contributed by atoms with van der Waals surface area (Å²) < 4.78 is 0. The molecule has 2 rings (SSSR count). The Bertz CT molecular complexity index is 526. The first kappa shape index (κ1) is 23.7. The van der Waals surface area contributed by atoms with E-state index < -0.39 is 0 Å². The molecule has 1 aliphatic heterocycles. The Morgan fingerprint density at radius 2 is 1.85 bits per heavy atom. The normalized spacial score (nSPS) is 17.6.